The molecule has 1 aliphatic carbocycles. The molecule has 0 atom stereocenters. The molecule has 0 aromatic carbocycles. The van der Waals surface area contributed by atoms with Gasteiger partial charge in [0.05, 0.1) is 10.5 Å². The molecule has 1 amide bonds. The molecule has 5 nitrogen and oxygen atoms in total. The van der Waals surface area contributed by atoms with Gasteiger partial charge in [-0.15, -0.1) is 0 Å². The van der Waals surface area contributed by atoms with E-state index in [2.05, 4.69) is 15.9 Å². The first-order valence-electron chi connectivity index (χ1n) is 8.24. The summed E-state index contributed by atoms with van der Waals surface area (Å²) in [5, 5.41) is 0. The highest BCUT2D eigenvalue weighted by molar-refractivity contribution is 9.12. The van der Waals surface area contributed by atoms with Gasteiger partial charge in [0.15, 0.2) is 0 Å². The largest absolute Gasteiger partial charge is 0.444 e. The number of halogens is 1. The summed E-state index contributed by atoms with van der Waals surface area (Å²) in [7, 11) is 0. The van der Waals surface area contributed by atoms with Gasteiger partial charge in [-0.1, -0.05) is 0 Å². The Bertz CT molecular complexity index is 506. The molecule has 23 heavy (non-hydrogen) atoms. The van der Waals surface area contributed by atoms with Gasteiger partial charge in [0.2, 0.25) is 0 Å². The Morgan fingerprint density at radius 1 is 1.35 bits per heavy atom. The summed E-state index contributed by atoms with van der Waals surface area (Å²) in [6, 6.07) is 0.385. The summed E-state index contributed by atoms with van der Waals surface area (Å²) >= 11 is 3.41. The van der Waals surface area contributed by atoms with Crippen molar-refractivity contribution in [1.82, 2.24) is 4.90 Å². The third-order valence-corrected chi connectivity index (χ3v) is 5.52. The number of hydrogen-bond donors (Lipinski definition) is 1. The van der Waals surface area contributed by atoms with Crippen molar-refractivity contribution in [1.29, 1.82) is 0 Å². The molecule has 2 fully saturated rings. The molecule has 0 aromatic rings. The number of carbonyl (C=O) groups is 1. The van der Waals surface area contributed by atoms with Crippen molar-refractivity contribution in [3.05, 3.63) is 10.7 Å². The van der Waals surface area contributed by atoms with Gasteiger partial charge in [0, 0.05) is 25.0 Å². The van der Waals surface area contributed by atoms with Crippen LogP contribution in [0.3, 0.4) is 0 Å². The number of allylic oxidation sites excluding steroid dienone is 1. The van der Waals surface area contributed by atoms with Gasteiger partial charge in [0.25, 0.3) is 0 Å². The Hall–Kier alpha value is -1.04. The van der Waals surface area contributed by atoms with Crippen LogP contribution in [0.1, 0.15) is 53.4 Å². The van der Waals surface area contributed by atoms with E-state index in [4.69, 9.17) is 15.5 Å². The molecule has 0 bridgehead atoms. The number of ether oxygens (including phenoxy) is 1. The van der Waals surface area contributed by atoms with Gasteiger partial charge >= 0.3 is 6.09 Å². The van der Waals surface area contributed by atoms with Gasteiger partial charge in [-0.25, -0.2) is 4.79 Å². The Morgan fingerprint density at radius 3 is 2.39 bits per heavy atom. The number of piperidine rings is 1. The minimum absolute atomic E-state index is 0.186. The maximum atomic E-state index is 12.1. The lowest BCUT2D eigenvalue weighted by Gasteiger charge is -2.51. The van der Waals surface area contributed by atoms with Crippen molar-refractivity contribution in [3.8, 4) is 0 Å². The Balaban J connectivity index is 1.82. The molecule has 1 aliphatic heterocycles. The topological polar surface area (TPSA) is 67.9 Å². The molecule has 2 rings (SSSR count). The predicted molar refractivity (Wildman–Crippen MR) is 96.8 cm³/mol. The van der Waals surface area contributed by atoms with Crippen molar-refractivity contribution < 1.29 is 9.53 Å². The van der Waals surface area contributed by atoms with E-state index in [1.807, 2.05) is 32.6 Å². The highest BCUT2D eigenvalue weighted by Gasteiger charge is 2.46. The summed E-state index contributed by atoms with van der Waals surface area (Å²) in [5.74, 6) is 0. The Kier molecular flexibility index (Phi) is 5.44. The molecule has 1 saturated heterocycles. The molecular weight excluding hydrogens is 358 g/mol. The van der Waals surface area contributed by atoms with Crippen molar-refractivity contribution >= 4 is 27.7 Å². The molecule has 130 valence electrons. The fraction of sp³-hybridized carbons (Fsp3) is 0.765. The van der Waals surface area contributed by atoms with Crippen LogP contribution in [0.15, 0.2) is 15.7 Å². The van der Waals surface area contributed by atoms with Crippen LogP contribution < -0.4 is 5.73 Å². The molecule has 1 heterocycles. The highest BCUT2D eigenvalue weighted by Crippen LogP contribution is 2.50. The zero-order valence-corrected chi connectivity index (χ0v) is 16.1. The van der Waals surface area contributed by atoms with Crippen LogP contribution in [0, 0.1) is 5.41 Å². The zero-order chi connectivity index (χ0) is 17.3. The van der Waals surface area contributed by atoms with E-state index >= 15 is 0 Å². The van der Waals surface area contributed by atoms with Crippen molar-refractivity contribution in [2.24, 2.45) is 16.1 Å². The number of aliphatic imine (C=N–C) groups is 1. The minimum atomic E-state index is -0.427. The van der Waals surface area contributed by atoms with E-state index < -0.39 is 5.60 Å². The lowest BCUT2D eigenvalue weighted by atomic mass is 9.60. The molecule has 1 spiro atoms. The molecule has 2 N–H and O–H groups in total. The smallest absolute Gasteiger partial charge is 0.410 e. The number of nitrogens with two attached hydrogens (primary N) is 1. The average molecular weight is 386 g/mol. The highest BCUT2D eigenvalue weighted by atomic mass is 79.9. The van der Waals surface area contributed by atoms with Crippen molar-refractivity contribution in [2.75, 3.05) is 13.1 Å². The summed E-state index contributed by atoms with van der Waals surface area (Å²) in [4.78, 5) is 18.7. The average Bonchev–Trinajstić information content (AvgIpc) is 2.43. The van der Waals surface area contributed by atoms with Crippen LogP contribution in [-0.4, -0.2) is 41.4 Å². The zero-order valence-electron chi connectivity index (χ0n) is 14.6. The van der Waals surface area contributed by atoms with Crippen molar-refractivity contribution in [3.63, 3.8) is 0 Å². The van der Waals surface area contributed by atoms with Crippen LogP contribution in [0.2, 0.25) is 0 Å². The third kappa shape index (κ3) is 4.72. The maximum absolute atomic E-state index is 12.1. The second kappa shape index (κ2) is 6.83. The summed E-state index contributed by atoms with van der Waals surface area (Å²) in [6.45, 7) is 9.26. The normalized spacial score (nSPS) is 22.9. The van der Waals surface area contributed by atoms with E-state index in [0.29, 0.717) is 11.5 Å². The molecule has 1 saturated carbocycles. The van der Waals surface area contributed by atoms with Crippen LogP contribution in [0.25, 0.3) is 0 Å². The van der Waals surface area contributed by atoms with Gasteiger partial charge in [-0.05, 0) is 74.7 Å². The van der Waals surface area contributed by atoms with E-state index in [9.17, 15) is 4.79 Å². The van der Waals surface area contributed by atoms with Gasteiger partial charge in [-0.2, -0.15) is 0 Å². The van der Waals surface area contributed by atoms with Gasteiger partial charge < -0.3 is 15.4 Å². The molecule has 0 unspecified atom stereocenters. The van der Waals surface area contributed by atoms with E-state index in [1.165, 1.54) is 6.20 Å². The summed E-state index contributed by atoms with van der Waals surface area (Å²) in [6.07, 6.45) is 5.66. The van der Waals surface area contributed by atoms with Crippen LogP contribution in [0.4, 0.5) is 4.79 Å². The van der Waals surface area contributed by atoms with Crippen LogP contribution in [-0.2, 0) is 4.74 Å². The molecule has 0 aromatic heterocycles. The maximum Gasteiger partial charge on any atom is 0.410 e. The lowest BCUT2D eigenvalue weighted by molar-refractivity contribution is -0.0106. The van der Waals surface area contributed by atoms with Gasteiger partial charge in [0.1, 0.15) is 5.60 Å². The fourth-order valence-electron chi connectivity index (χ4n) is 3.39. The van der Waals surface area contributed by atoms with E-state index in [-0.39, 0.29) is 6.09 Å². The van der Waals surface area contributed by atoms with Gasteiger partial charge in [-0.3, -0.25) is 4.99 Å². The standard InChI is InChI=1S/C17H28BrN3O2/c1-12(14(18)11-19)20-13-9-17(10-13)5-7-21(8-6-17)15(22)23-16(2,3)4/h11,13H,5-10,19H2,1-4H3/b14-11+,20-12?. The summed E-state index contributed by atoms with van der Waals surface area (Å²) < 4.78 is 6.31. The molecular formula is C17H28BrN3O2. The Labute approximate surface area is 147 Å². The second-order valence-electron chi connectivity index (χ2n) is 7.76. The Morgan fingerprint density at radius 2 is 1.91 bits per heavy atom. The first-order valence-corrected chi connectivity index (χ1v) is 9.03. The number of likely N-dealkylation sites (tertiary alicyclic amines) is 1. The monoisotopic (exact) mass is 385 g/mol. The third-order valence-electron chi connectivity index (χ3n) is 4.68. The number of rotatable bonds is 2. The summed E-state index contributed by atoms with van der Waals surface area (Å²) in [5.41, 5.74) is 6.39. The molecule has 0 radical (unpaired) electrons. The SMILES string of the molecule is CC(=NC1CC2(CCN(C(=O)OC(C)(C)C)CC2)C1)/C(Br)=C\N. The molecule has 6 heteroatoms. The number of amides is 1. The molecule has 2 aliphatic rings. The quantitative estimate of drug-likeness (QED) is 0.734. The van der Waals surface area contributed by atoms with Crippen molar-refractivity contribution in [2.45, 2.75) is 65.0 Å². The first-order chi connectivity index (χ1) is 10.6. The number of nitrogens with zero attached hydrogens (tertiary/aromatic N) is 2. The first kappa shape index (κ1) is 18.3. The van der Waals surface area contributed by atoms with E-state index in [1.54, 1.807) is 0 Å². The lowest BCUT2D eigenvalue weighted by Crippen LogP contribution is -2.51. The van der Waals surface area contributed by atoms with Crippen LogP contribution in [0.5, 0.6) is 0 Å². The number of hydrogen-bond acceptors (Lipinski definition) is 4. The minimum Gasteiger partial charge on any atom is -0.444 e. The fourth-order valence-corrected chi connectivity index (χ4v) is 3.49. The van der Waals surface area contributed by atoms with E-state index in [0.717, 1.165) is 49.0 Å². The predicted octanol–water partition coefficient (Wildman–Crippen LogP) is 3.82. The van der Waals surface area contributed by atoms with Crippen LogP contribution >= 0.6 is 15.9 Å². The second-order valence-corrected chi connectivity index (χ2v) is 8.61. The number of carbonyl (C=O) groups excluding carboxylic acids is 1.